The summed E-state index contributed by atoms with van der Waals surface area (Å²) >= 11 is 6.04. The predicted molar refractivity (Wildman–Crippen MR) is 72.0 cm³/mol. The zero-order chi connectivity index (χ0) is 12.8. The van der Waals surface area contributed by atoms with Crippen molar-refractivity contribution in [2.45, 2.75) is 39.7 Å². The minimum absolute atomic E-state index is 0.211. The summed E-state index contributed by atoms with van der Waals surface area (Å²) in [5.74, 6) is 0.289. The monoisotopic (exact) mass is 257 g/mol. The molecule has 0 aliphatic rings. The molecule has 0 aromatic heterocycles. The van der Waals surface area contributed by atoms with Crippen molar-refractivity contribution in [2.75, 3.05) is 6.54 Å². The molecule has 1 aromatic rings. The molecule has 0 amide bonds. The van der Waals surface area contributed by atoms with Crippen molar-refractivity contribution in [2.24, 2.45) is 5.92 Å². The first-order valence-electron chi connectivity index (χ1n) is 6.16. The summed E-state index contributed by atoms with van der Waals surface area (Å²) in [6.07, 6.45) is 1.90. The second kappa shape index (κ2) is 6.97. The fraction of sp³-hybridized carbons (Fsp3) is 0.571. The van der Waals surface area contributed by atoms with E-state index in [0.717, 1.165) is 24.9 Å². The summed E-state index contributed by atoms with van der Waals surface area (Å²) in [6, 6.07) is 5.08. The fourth-order valence-electron chi connectivity index (χ4n) is 1.80. The standard InChI is InChI=1S/C14H21ClFN/c1-10(2)17-7-6-11(3)8-12-9-13(16)4-5-14(12)15/h4-5,9-11,17H,6-8H2,1-3H3. The van der Waals surface area contributed by atoms with E-state index in [1.165, 1.54) is 12.1 Å². The Balaban J connectivity index is 2.44. The molecular weight excluding hydrogens is 237 g/mol. The van der Waals surface area contributed by atoms with Gasteiger partial charge >= 0.3 is 0 Å². The molecular formula is C14H21ClFN. The minimum atomic E-state index is -0.211. The number of hydrogen-bond donors (Lipinski definition) is 1. The summed E-state index contributed by atoms with van der Waals surface area (Å²) < 4.78 is 13.1. The van der Waals surface area contributed by atoms with Crippen LogP contribution in [0.15, 0.2) is 18.2 Å². The molecule has 0 bridgehead atoms. The van der Waals surface area contributed by atoms with E-state index in [0.29, 0.717) is 17.0 Å². The Labute approximate surface area is 108 Å². The molecule has 0 heterocycles. The molecule has 0 saturated heterocycles. The highest BCUT2D eigenvalue weighted by Crippen LogP contribution is 2.21. The zero-order valence-corrected chi connectivity index (χ0v) is 11.5. The first-order valence-corrected chi connectivity index (χ1v) is 6.54. The lowest BCUT2D eigenvalue weighted by Crippen LogP contribution is -2.25. The van der Waals surface area contributed by atoms with Crippen molar-refractivity contribution in [1.29, 1.82) is 0 Å². The van der Waals surface area contributed by atoms with Gasteiger partial charge in [0.25, 0.3) is 0 Å². The van der Waals surface area contributed by atoms with Crippen molar-refractivity contribution in [3.8, 4) is 0 Å². The molecule has 1 unspecified atom stereocenters. The van der Waals surface area contributed by atoms with Gasteiger partial charge in [0, 0.05) is 11.1 Å². The quantitative estimate of drug-likeness (QED) is 0.811. The van der Waals surface area contributed by atoms with Crippen LogP contribution in [0, 0.1) is 11.7 Å². The Morgan fingerprint density at radius 2 is 2.00 bits per heavy atom. The van der Waals surface area contributed by atoms with E-state index in [-0.39, 0.29) is 5.82 Å². The number of rotatable bonds is 6. The number of halogens is 2. The maximum absolute atomic E-state index is 13.1. The third-order valence-electron chi connectivity index (χ3n) is 2.77. The highest BCUT2D eigenvalue weighted by atomic mass is 35.5. The van der Waals surface area contributed by atoms with Crippen molar-refractivity contribution < 1.29 is 4.39 Å². The fourth-order valence-corrected chi connectivity index (χ4v) is 1.99. The van der Waals surface area contributed by atoms with E-state index < -0.39 is 0 Å². The highest BCUT2D eigenvalue weighted by molar-refractivity contribution is 6.31. The summed E-state index contributed by atoms with van der Waals surface area (Å²) in [6.45, 7) is 7.43. The Kier molecular flexibility index (Phi) is 5.93. The average molecular weight is 258 g/mol. The third kappa shape index (κ3) is 5.51. The van der Waals surface area contributed by atoms with Gasteiger partial charge in [-0.15, -0.1) is 0 Å². The first kappa shape index (κ1) is 14.5. The maximum atomic E-state index is 13.1. The molecule has 3 heteroatoms. The molecule has 1 atom stereocenters. The van der Waals surface area contributed by atoms with Gasteiger partial charge in [-0.2, -0.15) is 0 Å². The van der Waals surface area contributed by atoms with Gasteiger partial charge in [-0.05, 0) is 49.1 Å². The molecule has 96 valence electrons. The summed E-state index contributed by atoms with van der Waals surface area (Å²) in [5, 5.41) is 4.04. The summed E-state index contributed by atoms with van der Waals surface area (Å²) in [4.78, 5) is 0. The molecule has 1 rings (SSSR count). The highest BCUT2D eigenvalue weighted by Gasteiger charge is 2.08. The van der Waals surface area contributed by atoms with Gasteiger partial charge in [0.2, 0.25) is 0 Å². The van der Waals surface area contributed by atoms with Crippen LogP contribution in [-0.2, 0) is 6.42 Å². The SMILES string of the molecule is CC(CCNC(C)C)Cc1cc(F)ccc1Cl. The predicted octanol–water partition coefficient (Wildman–Crippen LogP) is 4.05. The lowest BCUT2D eigenvalue weighted by Gasteiger charge is -2.14. The van der Waals surface area contributed by atoms with Crippen LogP contribution in [0.1, 0.15) is 32.8 Å². The lowest BCUT2D eigenvalue weighted by molar-refractivity contribution is 0.475. The first-order chi connectivity index (χ1) is 7.99. The molecule has 0 radical (unpaired) electrons. The second-order valence-electron chi connectivity index (χ2n) is 4.94. The van der Waals surface area contributed by atoms with Crippen molar-refractivity contribution in [1.82, 2.24) is 5.32 Å². The Hall–Kier alpha value is -0.600. The lowest BCUT2D eigenvalue weighted by atomic mass is 9.98. The van der Waals surface area contributed by atoms with Gasteiger partial charge in [0.1, 0.15) is 5.82 Å². The van der Waals surface area contributed by atoms with Gasteiger partial charge in [-0.3, -0.25) is 0 Å². The smallest absolute Gasteiger partial charge is 0.123 e. The van der Waals surface area contributed by atoms with E-state index in [1.54, 1.807) is 6.07 Å². The van der Waals surface area contributed by atoms with Gasteiger partial charge < -0.3 is 5.32 Å². The molecule has 0 aliphatic carbocycles. The van der Waals surface area contributed by atoms with E-state index in [2.05, 4.69) is 26.1 Å². The van der Waals surface area contributed by atoms with Crippen LogP contribution in [-0.4, -0.2) is 12.6 Å². The molecule has 1 aromatic carbocycles. The largest absolute Gasteiger partial charge is 0.315 e. The zero-order valence-electron chi connectivity index (χ0n) is 10.8. The average Bonchev–Trinajstić information content (AvgIpc) is 2.23. The Morgan fingerprint density at radius 3 is 2.65 bits per heavy atom. The molecule has 0 saturated carbocycles. The van der Waals surface area contributed by atoms with Crippen LogP contribution in [0.4, 0.5) is 4.39 Å². The van der Waals surface area contributed by atoms with Crippen LogP contribution >= 0.6 is 11.6 Å². The minimum Gasteiger partial charge on any atom is -0.315 e. The number of nitrogens with one attached hydrogen (secondary N) is 1. The van der Waals surface area contributed by atoms with Gasteiger partial charge in [-0.1, -0.05) is 32.4 Å². The van der Waals surface area contributed by atoms with E-state index >= 15 is 0 Å². The molecule has 1 nitrogen and oxygen atoms in total. The maximum Gasteiger partial charge on any atom is 0.123 e. The summed E-state index contributed by atoms with van der Waals surface area (Å²) in [5.41, 5.74) is 0.906. The van der Waals surface area contributed by atoms with Gasteiger partial charge in [-0.25, -0.2) is 4.39 Å². The van der Waals surface area contributed by atoms with Crippen LogP contribution in [0.3, 0.4) is 0 Å². The van der Waals surface area contributed by atoms with Crippen molar-refractivity contribution >= 4 is 11.6 Å². The molecule has 1 N–H and O–H groups in total. The van der Waals surface area contributed by atoms with Crippen LogP contribution < -0.4 is 5.32 Å². The third-order valence-corrected chi connectivity index (χ3v) is 3.13. The Morgan fingerprint density at radius 1 is 1.29 bits per heavy atom. The second-order valence-corrected chi connectivity index (χ2v) is 5.35. The molecule has 17 heavy (non-hydrogen) atoms. The molecule has 0 fully saturated rings. The number of benzene rings is 1. The van der Waals surface area contributed by atoms with E-state index in [4.69, 9.17) is 11.6 Å². The normalized spacial score (nSPS) is 13.1. The Bertz CT molecular complexity index is 352. The van der Waals surface area contributed by atoms with Crippen molar-refractivity contribution in [3.63, 3.8) is 0 Å². The van der Waals surface area contributed by atoms with Crippen LogP contribution in [0.2, 0.25) is 5.02 Å². The molecule has 0 spiro atoms. The molecule has 0 aliphatic heterocycles. The van der Waals surface area contributed by atoms with Crippen molar-refractivity contribution in [3.05, 3.63) is 34.6 Å². The number of hydrogen-bond acceptors (Lipinski definition) is 1. The van der Waals surface area contributed by atoms with E-state index in [9.17, 15) is 4.39 Å². The summed E-state index contributed by atoms with van der Waals surface area (Å²) in [7, 11) is 0. The topological polar surface area (TPSA) is 12.0 Å². The van der Waals surface area contributed by atoms with E-state index in [1.807, 2.05) is 0 Å². The van der Waals surface area contributed by atoms with Gasteiger partial charge in [0.05, 0.1) is 0 Å². The van der Waals surface area contributed by atoms with Crippen LogP contribution in [0.25, 0.3) is 0 Å². The van der Waals surface area contributed by atoms with Crippen LogP contribution in [0.5, 0.6) is 0 Å². The van der Waals surface area contributed by atoms with Gasteiger partial charge in [0.15, 0.2) is 0 Å².